The molecule has 0 aromatic heterocycles. The molecule has 1 amide bonds. The van der Waals surface area contributed by atoms with E-state index in [1.54, 1.807) is 0 Å². The van der Waals surface area contributed by atoms with Gasteiger partial charge in [-0.3, -0.25) is 4.79 Å². The second-order valence-corrected chi connectivity index (χ2v) is 2.45. The molecule has 1 aliphatic rings. The molecule has 1 fully saturated rings. The Labute approximate surface area is 53.4 Å². The van der Waals surface area contributed by atoms with Crippen molar-refractivity contribution in [3.8, 4) is 0 Å². The van der Waals surface area contributed by atoms with Crippen molar-refractivity contribution in [2.24, 2.45) is 5.92 Å². The van der Waals surface area contributed by atoms with Crippen LogP contribution in [0.2, 0.25) is 0 Å². The molecule has 0 unspecified atom stereocenters. The van der Waals surface area contributed by atoms with Gasteiger partial charge in [0.1, 0.15) is 6.17 Å². The fourth-order valence-electron chi connectivity index (χ4n) is 0.952. The Bertz CT molecular complexity index is 124. The van der Waals surface area contributed by atoms with Gasteiger partial charge in [-0.1, -0.05) is 0 Å². The molecule has 0 spiro atoms. The molecular weight excluding hydrogens is 121 g/mol. The maximum Gasteiger partial charge on any atom is 0.220 e. The quantitative estimate of drug-likeness (QED) is 0.551. The molecule has 1 aliphatic heterocycles. The number of rotatable bonds is 1. The van der Waals surface area contributed by atoms with Crippen molar-refractivity contribution in [1.82, 2.24) is 5.32 Å². The number of hydrogen-bond acceptors (Lipinski definition) is 1. The highest BCUT2D eigenvalue weighted by molar-refractivity contribution is 5.78. The fraction of sp³-hybridized carbons (Fsp3) is 0.833. The molecule has 1 rings (SSSR count). The molecular formula is C6H10FNO. The van der Waals surface area contributed by atoms with Gasteiger partial charge in [-0.15, -0.1) is 0 Å². The lowest BCUT2D eigenvalue weighted by Gasteiger charge is -2.05. The van der Waals surface area contributed by atoms with Crippen molar-refractivity contribution in [3.05, 3.63) is 0 Å². The van der Waals surface area contributed by atoms with Crippen LogP contribution in [0.3, 0.4) is 0 Å². The van der Waals surface area contributed by atoms with Gasteiger partial charge >= 0.3 is 0 Å². The molecule has 0 bridgehead atoms. The van der Waals surface area contributed by atoms with Crippen LogP contribution < -0.4 is 5.32 Å². The Balaban J connectivity index is 2.39. The van der Waals surface area contributed by atoms with Crippen LogP contribution in [0.4, 0.5) is 4.39 Å². The van der Waals surface area contributed by atoms with Crippen LogP contribution in [0.15, 0.2) is 0 Å². The lowest BCUT2D eigenvalue weighted by molar-refractivity contribution is -0.119. The average molecular weight is 131 g/mol. The summed E-state index contributed by atoms with van der Waals surface area (Å²) >= 11 is 0. The second-order valence-electron chi connectivity index (χ2n) is 2.45. The first-order valence-electron chi connectivity index (χ1n) is 3.11. The maximum atomic E-state index is 12.4. The molecule has 1 N–H and O–H groups in total. The number of hydrogen-bond donors (Lipinski definition) is 1. The monoisotopic (exact) mass is 131 g/mol. The summed E-state index contributed by atoms with van der Waals surface area (Å²) in [6.45, 7) is 2.00. The summed E-state index contributed by atoms with van der Waals surface area (Å²) in [6, 6.07) is 0. The van der Waals surface area contributed by atoms with Crippen LogP contribution in [-0.2, 0) is 4.79 Å². The molecule has 0 radical (unpaired) electrons. The predicted octanol–water partition coefficient (Wildman–Crippen LogP) is 0.481. The number of carbonyl (C=O) groups is 1. The summed E-state index contributed by atoms with van der Waals surface area (Å²) in [5.41, 5.74) is 0. The van der Waals surface area contributed by atoms with Crippen LogP contribution in [0.25, 0.3) is 0 Å². The molecule has 1 saturated heterocycles. The third kappa shape index (κ3) is 1.40. The Hall–Kier alpha value is -0.600. The van der Waals surface area contributed by atoms with Crippen LogP contribution >= 0.6 is 0 Å². The molecule has 0 saturated carbocycles. The van der Waals surface area contributed by atoms with E-state index in [9.17, 15) is 9.18 Å². The van der Waals surface area contributed by atoms with Gasteiger partial charge in [0.05, 0.1) is 0 Å². The minimum absolute atomic E-state index is 0.0236. The van der Waals surface area contributed by atoms with E-state index in [2.05, 4.69) is 5.32 Å². The van der Waals surface area contributed by atoms with Gasteiger partial charge < -0.3 is 5.32 Å². The number of carbonyl (C=O) groups excluding carboxylic acids is 1. The van der Waals surface area contributed by atoms with Gasteiger partial charge in [0, 0.05) is 18.9 Å². The molecule has 0 aromatic carbocycles. The fourth-order valence-corrected chi connectivity index (χ4v) is 0.952. The normalized spacial score (nSPS) is 30.0. The van der Waals surface area contributed by atoms with Gasteiger partial charge in [0.2, 0.25) is 5.91 Å². The summed E-state index contributed by atoms with van der Waals surface area (Å²) < 4.78 is 12.4. The van der Waals surface area contributed by atoms with E-state index >= 15 is 0 Å². The highest BCUT2D eigenvalue weighted by Crippen LogP contribution is 2.15. The molecule has 52 valence electrons. The van der Waals surface area contributed by atoms with Gasteiger partial charge in [0.25, 0.3) is 0 Å². The highest BCUT2D eigenvalue weighted by atomic mass is 19.1. The van der Waals surface area contributed by atoms with Crippen LogP contribution in [0.5, 0.6) is 0 Å². The third-order valence-electron chi connectivity index (χ3n) is 1.66. The summed E-state index contributed by atoms with van der Waals surface area (Å²) in [6.07, 6.45) is -0.499. The van der Waals surface area contributed by atoms with Crippen molar-refractivity contribution in [1.29, 1.82) is 0 Å². The first kappa shape index (κ1) is 6.52. The molecule has 3 heteroatoms. The SMILES string of the molecule is C[C@H](F)[C@H]1CNC(=O)C1. The lowest BCUT2D eigenvalue weighted by atomic mass is 10.0. The molecule has 0 aromatic rings. The van der Waals surface area contributed by atoms with E-state index in [0.29, 0.717) is 13.0 Å². The van der Waals surface area contributed by atoms with Gasteiger partial charge in [0.15, 0.2) is 0 Å². The smallest absolute Gasteiger partial charge is 0.220 e. The third-order valence-corrected chi connectivity index (χ3v) is 1.66. The minimum atomic E-state index is -0.857. The van der Waals surface area contributed by atoms with Crippen molar-refractivity contribution in [2.75, 3.05) is 6.54 Å². The Kier molecular flexibility index (Phi) is 1.69. The van der Waals surface area contributed by atoms with Crippen molar-refractivity contribution >= 4 is 5.91 Å². The van der Waals surface area contributed by atoms with E-state index < -0.39 is 6.17 Å². The number of alkyl halides is 1. The molecule has 1 heterocycles. The molecule has 2 nitrogen and oxygen atoms in total. The Morgan fingerprint density at radius 2 is 2.56 bits per heavy atom. The van der Waals surface area contributed by atoms with Gasteiger partial charge in [-0.25, -0.2) is 4.39 Å². The Morgan fingerprint density at radius 3 is 2.78 bits per heavy atom. The van der Waals surface area contributed by atoms with E-state index in [1.807, 2.05) is 0 Å². The van der Waals surface area contributed by atoms with Gasteiger partial charge in [-0.05, 0) is 6.92 Å². The maximum absolute atomic E-state index is 12.4. The predicted molar refractivity (Wildman–Crippen MR) is 31.7 cm³/mol. The van der Waals surface area contributed by atoms with Crippen LogP contribution in [-0.4, -0.2) is 18.6 Å². The first-order chi connectivity index (χ1) is 4.20. The number of nitrogens with one attached hydrogen (secondary N) is 1. The zero-order valence-electron chi connectivity index (χ0n) is 5.36. The largest absolute Gasteiger partial charge is 0.356 e. The lowest BCUT2D eigenvalue weighted by Crippen LogP contribution is -2.17. The van der Waals surface area contributed by atoms with E-state index in [-0.39, 0.29) is 11.8 Å². The summed E-state index contributed by atoms with van der Waals surface area (Å²) in [5.74, 6) is -0.109. The molecule has 0 aliphatic carbocycles. The minimum Gasteiger partial charge on any atom is -0.356 e. The highest BCUT2D eigenvalue weighted by Gasteiger charge is 2.25. The zero-order chi connectivity index (χ0) is 6.85. The topological polar surface area (TPSA) is 29.1 Å². The Morgan fingerprint density at radius 1 is 1.89 bits per heavy atom. The number of amides is 1. The van der Waals surface area contributed by atoms with Gasteiger partial charge in [-0.2, -0.15) is 0 Å². The summed E-state index contributed by atoms with van der Waals surface area (Å²) in [5, 5.41) is 2.57. The first-order valence-corrected chi connectivity index (χ1v) is 3.11. The second kappa shape index (κ2) is 2.33. The summed E-state index contributed by atoms with van der Waals surface area (Å²) in [7, 11) is 0. The molecule has 9 heavy (non-hydrogen) atoms. The summed E-state index contributed by atoms with van der Waals surface area (Å²) in [4.78, 5) is 10.5. The van der Waals surface area contributed by atoms with Crippen molar-refractivity contribution < 1.29 is 9.18 Å². The number of halogens is 1. The van der Waals surface area contributed by atoms with Crippen LogP contribution in [0, 0.1) is 5.92 Å². The molecule has 2 atom stereocenters. The standard InChI is InChI=1S/C6H10FNO/c1-4(7)5-2-6(9)8-3-5/h4-5H,2-3H2,1H3,(H,8,9)/t4-,5+/m0/s1. The zero-order valence-corrected chi connectivity index (χ0v) is 5.36. The van der Waals surface area contributed by atoms with E-state index in [4.69, 9.17) is 0 Å². The van der Waals surface area contributed by atoms with Crippen molar-refractivity contribution in [3.63, 3.8) is 0 Å². The average Bonchev–Trinajstić information content (AvgIpc) is 2.14. The van der Waals surface area contributed by atoms with Crippen molar-refractivity contribution in [2.45, 2.75) is 19.5 Å². The van der Waals surface area contributed by atoms with E-state index in [0.717, 1.165) is 0 Å². The van der Waals surface area contributed by atoms with E-state index in [1.165, 1.54) is 6.92 Å². The van der Waals surface area contributed by atoms with Crippen LogP contribution in [0.1, 0.15) is 13.3 Å².